The van der Waals surface area contributed by atoms with Crippen molar-refractivity contribution in [2.24, 2.45) is 0 Å². The van der Waals surface area contributed by atoms with Crippen LogP contribution in [0.3, 0.4) is 0 Å². The maximum Gasteiger partial charge on any atom is 0.322 e. The Bertz CT molecular complexity index is 1030. The quantitative estimate of drug-likeness (QED) is 0.419. The molecule has 2 saturated heterocycles. The Labute approximate surface area is 174 Å². The molecular formula is C17H23N3O8S2. The minimum Gasteiger partial charge on any atom is -0.490 e. The minimum absolute atomic E-state index is 0.169. The molecule has 13 heteroatoms. The standard InChI is InChI=1S/C17H23N3O8S2/c1-17(15(21)18-16(22)19-17)11-30(25,26)20-9-7-13(8-10-20)27-12-3-5-14(6-4-12)28-29(2,23)24/h3-6,13H,7-11H2,1-2H3,(H2,18,19,21,22)/t17-/m1/s1. The second kappa shape index (κ2) is 8.04. The molecule has 30 heavy (non-hydrogen) atoms. The highest BCUT2D eigenvalue weighted by molar-refractivity contribution is 7.89. The highest BCUT2D eigenvalue weighted by Gasteiger charge is 2.46. The monoisotopic (exact) mass is 461 g/mol. The second-order valence-corrected chi connectivity index (χ2v) is 11.0. The summed E-state index contributed by atoms with van der Waals surface area (Å²) in [5.74, 6) is -0.514. The molecule has 3 amide bonds. The Morgan fingerprint density at radius 1 is 1.07 bits per heavy atom. The van der Waals surface area contributed by atoms with Crippen LogP contribution in [0.5, 0.6) is 11.5 Å². The minimum atomic E-state index is -3.77. The van der Waals surface area contributed by atoms with Crippen molar-refractivity contribution in [3.05, 3.63) is 24.3 Å². The van der Waals surface area contributed by atoms with Crippen LogP contribution in [0.15, 0.2) is 24.3 Å². The van der Waals surface area contributed by atoms with E-state index in [2.05, 4.69) is 5.32 Å². The number of rotatable bonds is 7. The first kappa shape index (κ1) is 22.3. The maximum absolute atomic E-state index is 12.7. The van der Waals surface area contributed by atoms with Gasteiger partial charge in [0.05, 0.1) is 12.0 Å². The molecule has 0 saturated carbocycles. The fourth-order valence-electron chi connectivity index (χ4n) is 3.31. The molecule has 1 aromatic rings. The fraction of sp³-hybridized carbons (Fsp3) is 0.529. The number of hydrogen-bond acceptors (Lipinski definition) is 8. The number of amides is 3. The van der Waals surface area contributed by atoms with Gasteiger partial charge in [-0.3, -0.25) is 10.1 Å². The molecular weight excluding hydrogens is 438 g/mol. The third-order valence-electron chi connectivity index (χ3n) is 4.76. The molecule has 0 radical (unpaired) electrons. The maximum atomic E-state index is 12.7. The van der Waals surface area contributed by atoms with Crippen molar-refractivity contribution < 1.29 is 35.3 Å². The molecule has 0 aromatic heterocycles. The van der Waals surface area contributed by atoms with Crippen molar-refractivity contribution in [2.45, 2.75) is 31.4 Å². The number of carbonyl (C=O) groups is 2. The van der Waals surface area contributed by atoms with Crippen LogP contribution in [0.25, 0.3) is 0 Å². The van der Waals surface area contributed by atoms with Gasteiger partial charge in [0, 0.05) is 13.1 Å². The van der Waals surface area contributed by atoms with Gasteiger partial charge >= 0.3 is 16.1 Å². The van der Waals surface area contributed by atoms with E-state index in [0.717, 1.165) is 6.26 Å². The average Bonchev–Trinajstić information content (AvgIpc) is 2.86. The number of sulfonamides is 1. The smallest absolute Gasteiger partial charge is 0.322 e. The number of nitrogens with one attached hydrogen (secondary N) is 2. The Hall–Kier alpha value is -2.38. The van der Waals surface area contributed by atoms with Crippen LogP contribution in [-0.2, 0) is 24.9 Å². The van der Waals surface area contributed by atoms with E-state index in [-0.39, 0.29) is 24.9 Å². The van der Waals surface area contributed by atoms with E-state index in [9.17, 15) is 26.4 Å². The van der Waals surface area contributed by atoms with E-state index >= 15 is 0 Å². The number of hydrogen-bond donors (Lipinski definition) is 2. The number of piperidine rings is 1. The molecule has 11 nitrogen and oxygen atoms in total. The predicted molar refractivity (Wildman–Crippen MR) is 106 cm³/mol. The van der Waals surface area contributed by atoms with Crippen molar-refractivity contribution in [3.63, 3.8) is 0 Å². The van der Waals surface area contributed by atoms with E-state index in [1.165, 1.54) is 23.4 Å². The van der Waals surface area contributed by atoms with Gasteiger partial charge in [-0.15, -0.1) is 0 Å². The van der Waals surface area contributed by atoms with Gasteiger partial charge in [-0.25, -0.2) is 17.5 Å². The Morgan fingerprint density at radius 2 is 1.63 bits per heavy atom. The van der Waals surface area contributed by atoms with E-state index in [1.807, 2.05) is 5.32 Å². The van der Waals surface area contributed by atoms with Crippen molar-refractivity contribution >= 4 is 32.1 Å². The molecule has 166 valence electrons. The van der Waals surface area contributed by atoms with Crippen molar-refractivity contribution in [2.75, 3.05) is 25.1 Å². The lowest BCUT2D eigenvalue weighted by Crippen LogP contribution is -2.53. The van der Waals surface area contributed by atoms with Crippen LogP contribution in [0.2, 0.25) is 0 Å². The molecule has 2 fully saturated rings. The lowest BCUT2D eigenvalue weighted by molar-refractivity contribution is -0.122. The largest absolute Gasteiger partial charge is 0.490 e. The molecule has 1 atom stereocenters. The van der Waals surface area contributed by atoms with Gasteiger partial charge in [-0.2, -0.15) is 8.42 Å². The fourth-order valence-corrected chi connectivity index (χ4v) is 5.65. The normalized spacial score (nSPS) is 23.7. The first-order chi connectivity index (χ1) is 13.9. The van der Waals surface area contributed by atoms with Gasteiger partial charge in [0.15, 0.2) is 0 Å². The molecule has 0 spiro atoms. The molecule has 0 unspecified atom stereocenters. The van der Waals surface area contributed by atoms with E-state index in [1.54, 1.807) is 12.1 Å². The number of carbonyl (C=O) groups excluding carboxylic acids is 2. The lowest BCUT2D eigenvalue weighted by atomic mass is 10.1. The summed E-state index contributed by atoms with van der Waals surface area (Å²) in [5, 5.41) is 4.41. The summed E-state index contributed by atoms with van der Waals surface area (Å²) in [6.45, 7) is 1.81. The highest BCUT2D eigenvalue weighted by Crippen LogP contribution is 2.25. The van der Waals surface area contributed by atoms with Crippen LogP contribution in [0.1, 0.15) is 19.8 Å². The summed E-state index contributed by atoms with van der Waals surface area (Å²) >= 11 is 0. The third kappa shape index (κ3) is 5.40. The molecule has 2 aliphatic heterocycles. The van der Waals surface area contributed by atoms with Crippen LogP contribution in [0.4, 0.5) is 4.79 Å². The summed E-state index contributed by atoms with van der Waals surface area (Å²) in [6, 6.07) is 5.38. The number of nitrogens with zero attached hydrogens (tertiary/aromatic N) is 1. The van der Waals surface area contributed by atoms with Crippen molar-refractivity contribution in [1.29, 1.82) is 0 Å². The lowest BCUT2D eigenvalue weighted by Gasteiger charge is -2.33. The zero-order valence-electron chi connectivity index (χ0n) is 16.5. The Morgan fingerprint density at radius 3 is 2.13 bits per heavy atom. The topological polar surface area (TPSA) is 148 Å². The van der Waals surface area contributed by atoms with Crippen LogP contribution >= 0.6 is 0 Å². The summed E-state index contributed by atoms with van der Waals surface area (Å²) in [4.78, 5) is 23.2. The molecule has 3 rings (SSSR count). The SMILES string of the molecule is C[C@]1(CS(=O)(=O)N2CCC(Oc3ccc(OS(C)(=O)=O)cc3)CC2)NC(=O)NC1=O. The molecule has 0 aliphatic carbocycles. The summed E-state index contributed by atoms with van der Waals surface area (Å²) in [7, 11) is -7.38. The van der Waals surface area contributed by atoms with Gasteiger partial charge in [0.1, 0.15) is 23.1 Å². The zero-order chi connectivity index (χ0) is 22.2. The van der Waals surface area contributed by atoms with Gasteiger partial charge in [-0.05, 0) is 44.0 Å². The number of imide groups is 1. The van der Waals surface area contributed by atoms with Gasteiger partial charge < -0.3 is 14.2 Å². The summed E-state index contributed by atoms with van der Waals surface area (Å²) in [5.41, 5.74) is -1.50. The highest BCUT2D eigenvalue weighted by atomic mass is 32.2. The molecule has 2 heterocycles. The number of benzene rings is 1. The molecule has 2 aliphatic rings. The molecule has 2 N–H and O–H groups in total. The number of ether oxygens (including phenoxy) is 1. The first-order valence-electron chi connectivity index (χ1n) is 9.14. The summed E-state index contributed by atoms with van der Waals surface area (Å²) < 4.78 is 59.6. The van der Waals surface area contributed by atoms with Crippen LogP contribution < -0.4 is 19.6 Å². The van der Waals surface area contributed by atoms with E-state index < -0.39 is 43.4 Å². The Balaban J connectivity index is 1.54. The summed E-state index contributed by atoms with van der Waals surface area (Å²) in [6.07, 6.45) is 1.61. The van der Waals surface area contributed by atoms with Gasteiger partial charge in [0.2, 0.25) is 10.0 Å². The first-order valence-corrected chi connectivity index (χ1v) is 12.6. The van der Waals surface area contributed by atoms with E-state index in [0.29, 0.717) is 18.6 Å². The second-order valence-electron chi connectivity index (χ2n) is 7.47. The van der Waals surface area contributed by atoms with Gasteiger partial charge in [-0.1, -0.05) is 0 Å². The molecule has 1 aromatic carbocycles. The zero-order valence-corrected chi connectivity index (χ0v) is 18.1. The van der Waals surface area contributed by atoms with Crippen molar-refractivity contribution in [3.8, 4) is 11.5 Å². The predicted octanol–water partition coefficient (Wildman–Crippen LogP) is -0.204. The third-order valence-corrected chi connectivity index (χ3v) is 7.35. The average molecular weight is 462 g/mol. The van der Waals surface area contributed by atoms with E-state index in [4.69, 9.17) is 8.92 Å². The molecule has 0 bridgehead atoms. The number of urea groups is 1. The Kier molecular flexibility index (Phi) is 5.98. The van der Waals surface area contributed by atoms with Gasteiger partial charge in [0.25, 0.3) is 5.91 Å². The van der Waals surface area contributed by atoms with Crippen molar-refractivity contribution in [1.82, 2.24) is 14.9 Å². The van der Waals surface area contributed by atoms with Crippen LogP contribution in [-0.4, -0.2) is 69.8 Å². The van der Waals surface area contributed by atoms with Crippen LogP contribution in [0, 0.1) is 0 Å².